The first-order valence-corrected chi connectivity index (χ1v) is 10.5. The van der Waals surface area contributed by atoms with Crippen molar-refractivity contribution in [1.29, 1.82) is 0 Å². The Balaban J connectivity index is 1.73. The first kappa shape index (κ1) is 20.1. The van der Waals surface area contributed by atoms with E-state index in [-0.39, 0.29) is 23.9 Å². The van der Waals surface area contributed by atoms with Gasteiger partial charge in [0.05, 0.1) is 6.04 Å². The van der Waals surface area contributed by atoms with Gasteiger partial charge in [-0.1, -0.05) is 6.07 Å². The van der Waals surface area contributed by atoms with Gasteiger partial charge in [0.25, 0.3) is 5.56 Å². The maximum atomic E-state index is 12.6. The van der Waals surface area contributed by atoms with Gasteiger partial charge in [-0.2, -0.15) is 11.8 Å². The van der Waals surface area contributed by atoms with Gasteiger partial charge in [-0.3, -0.25) is 14.0 Å². The number of aryl methyl sites for hydroxylation is 2. The number of aromatic nitrogens is 5. The number of amides is 1. The van der Waals surface area contributed by atoms with Crippen molar-refractivity contribution in [2.24, 2.45) is 0 Å². The third kappa shape index (κ3) is 4.59. The zero-order valence-corrected chi connectivity index (χ0v) is 17.0. The quantitative estimate of drug-likeness (QED) is 0.599. The third-order valence-corrected chi connectivity index (χ3v) is 5.18. The molecule has 3 aromatic rings. The number of aromatic amines is 1. The lowest BCUT2D eigenvalue weighted by molar-refractivity contribution is -0.121. The fourth-order valence-electron chi connectivity index (χ4n) is 3.15. The molecule has 0 bridgehead atoms. The molecule has 0 saturated heterocycles. The third-order valence-electron chi connectivity index (χ3n) is 4.54. The number of carbonyl (C=O) groups is 1. The van der Waals surface area contributed by atoms with Crippen LogP contribution in [0.15, 0.2) is 29.2 Å². The minimum atomic E-state index is -0.243. The maximum Gasteiger partial charge on any atom is 0.254 e. The minimum absolute atomic E-state index is 0.127. The van der Waals surface area contributed by atoms with Crippen molar-refractivity contribution >= 4 is 23.3 Å². The molecule has 0 aliphatic rings. The Kier molecular flexibility index (Phi) is 6.45. The van der Waals surface area contributed by atoms with E-state index in [0.717, 1.165) is 17.8 Å². The molecule has 148 valence electrons. The molecule has 2 N–H and O–H groups in total. The molecule has 3 heterocycles. The topological polar surface area (TPSA) is 105 Å². The molecule has 0 fully saturated rings. The van der Waals surface area contributed by atoms with Crippen molar-refractivity contribution < 1.29 is 4.79 Å². The second-order valence-electron chi connectivity index (χ2n) is 6.60. The van der Waals surface area contributed by atoms with Crippen molar-refractivity contribution in [3.63, 3.8) is 0 Å². The Morgan fingerprint density at radius 1 is 1.32 bits per heavy atom. The van der Waals surface area contributed by atoms with Crippen molar-refractivity contribution in [1.82, 2.24) is 29.9 Å². The van der Waals surface area contributed by atoms with E-state index in [4.69, 9.17) is 0 Å². The molecule has 0 aromatic carbocycles. The first-order valence-electron chi connectivity index (χ1n) is 9.14. The first-order chi connectivity index (χ1) is 13.5. The van der Waals surface area contributed by atoms with Crippen LogP contribution in [0, 0.1) is 13.8 Å². The summed E-state index contributed by atoms with van der Waals surface area (Å²) in [4.78, 5) is 31.7. The zero-order chi connectivity index (χ0) is 20.1. The van der Waals surface area contributed by atoms with Gasteiger partial charge in [0.15, 0.2) is 11.5 Å². The molecule has 1 atom stereocenters. The molecule has 8 nitrogen and oxygen atoms in total. The number of hydrogen-bond acceptors (Lipinski definition) is 6. The summed E-state index contributed by atoms with van der Waals surface area (Å²) in [6.45, 7) is 3.53. The lowest BCUT2D eigenvalue weighted by Crippen LogP contribution is -2.31. The van der Waals surface area contributed by atoms with Crippen molar-refractivity contribution in [3.05, 3.63) is 57.7 Å². The van der Waals surface area contributed by atoms with Crippen LogP contribution in [0.4, 0.5) is 0 Å². The van der Waals surface area contributed by atoms with Crippen LogP contribution >= 0.6 is 11.8 Å². The monoisotopic (exact) mass is 400 g/mol. The Morgan fingerprint density at radius 2 is 2.14 bits per heavy atom. The van der Waals surface area contributed by atoms with Crippen LogP contribution < -0.4 is 10.9 Å². The molecule has 1 amide bonds. The van der Waals surface area contributed by atoms with Crippen LogP contribution in [0.25, 0.3) is 5.65 Å². The summed E-state index contributed by atoms with van der Waals surface area (Å²) in [5, 5.41) is 11.5. The molecule has 0 unspecified atom stereocenters. The number of hydrogen-bond donors (Lipinski definition) is 2. The Labute approximate surface area is 167 Å². The average molecular weight is 401 g/mol. The van der Waals surface area contributed by atoms with Crippen LogP contribution in [-0.4, -0.2) is 42.5 Å². The van der Waals surface area contributed by atoms with E-state index in [0.29, 0.717) is 29.3 Å². The Hall–Kier alpha value is -2.68. The average Bonchev–Trinajstić information content (AvgIpc) is 3.08. The predicted octanol–water partition coefficient (Wildman–Crippen LogP) is 1.97. The van der Waals surface area contributed by atoms with E-state index < -0.39 is 0 Å². The SMILES string of the molecule is CSCC[C@@H](NC(=O)CCc1c(C)nc(C)[nH]c1=O)c1nnc2ccccn12. The second-order valence-corrected chi connectivity index (χ2v) is 7.59. The van der Waals surface area contributed by atoms with Crippen LogP contribution in [-0.2, 0) is 11.2 Å². The molecular weight excluding hydrogens is 376 g/mol. The molecule has 0 radical (unpaired) electrons. The molecule has 0 saturated carbocycles. The number of thioether (sulfide) groups is 1. The van der Waals surface area contributed by atoms with Crippen LogP contribution in [0.5, 0.6) is 0 Å². The summed E-state index contributed by atoms with van der Waals surface area (Å²) in [5.74, 6) is 2.04. The summed E-state index contributed by atoms with van der Waals surface area (Å²) in [6, 6.07) is 5.45. The van der Waals surface area contributed by atoms with Gasteiger partial charge in [0, 0.05) is 23.9 Å². The second kappa shape index (κ2) is 9.01. The van der Waals surface area contributed by atoms with Gasteiger partial charge < -0.3 is 10.3 Å². The summed E-state index contributed by atoms with van der Waals surface area (Å²) < 4.78 is 1.89. The number of pyridine rings is 1. The fourth-order valence-corrected chi connectivity index (χ4v) is 3.62. The highest BCUT2D eigenvalue weighted by atomic mass is 32.2. The highest BCUT2D eigenvalue weighted by Gasteiger charge is 2.20. The number of nitrogens with one attached hydrogen (secondary N) is 2. The molecule has 0 aliphatic carbocycles. The van der Waals surface area contributed by atoms with Crippen molar-refractivity contribution in [2.45, 2.75) is 39.2 Å². The van der Waals surface area contributed by atoms with Gasteiger partial charge >= 0.3 is 0 Å². The van der Waals surface area contributed by atoms with E-state index >= 15 is 0 Å². The molecule has 3 rings (SSSR count). The molecule has 28 heavy (non-hydrogen) atoms. The van der Waals surface area contributed by atoms with E-state index in [9.17, 15) is 9.59 Å². The standard InChI is InChI=1S/C19H24N6O2S/c1-12-14(19(27)21-13(2)20-12)7-8-17(26)22-15(9-11-28-3)18-24-23-16-6-4-5-10-25(16)18/h4-6,10,15H,7-9,11H2,1-3H3,(H,22,26)(H,20,21,27)/t15-/m1/s1. The molecule has 3 aromatic heterocycles. The smallest absolute Gasteiger partial charge is 0.254 e. The van der Waals surface area contributed by atoms with Gasteiger partial charge in [0.1, 0.15) is 5.82 Å². The largest absolute Gasteiger partial charge is 0.346 e. The maximum absolute atomic E-state index is 12.6. The Bertz CT molecular complexity index is 1030. The number of nitrogens with zero attached hydrogens (tertiary/aromatic N) is 4. The van der Waals surface area contributed by atoms with Gasteiger partial charge in [0.2, 0.25) is 5.91 Å². The number of H-pyrrole nitrogens is 1. The fraction of sp³-hybridized carbons (Fsp3) is 0.421. The predicted molar refractivity (Wildman–Crippen MR) is 110 cm³/mol. The summed E-state index contributed by atoms with van der Waals surface area (Å²) in [6.07, 6.45) is 5.22. The highest BCUT2D eigenvalue weighted by molar-refractivity contribution is 7.98. The van der Waals surface area contributed by atoms with E-state index in [1.165, 1.54) is 0 Å². The lowest BCUT2D eigenvalue weighted by Gasteiger charge is -2.17. The van der Waals surface area contributed by atoms with Crippen molar-refractivity contribution in [2.75, 3.05) is 12.0 Å². The van der Waals surface area contributed by atoms with Crippen LogP contribution in [0.2, 0.25) is 0 Å². The Morgan fingerprint density at radius 3 is 2.89 bits per heavy atom. The van der Waals surface area contributed by atoms with E-state index in [2.05, 4.69) is 25.5 Å². The van der Waals surface area contributed by atoms with E-state index in [1.807, 2.05) is 35.1 Å². The zero-order valence-electron chi connectivity index (χ0n) is 16.2. The number of fused-ring (bicyclic) bond motifs is 1. The number of rotatable bonds is 8. The minimum Gasteiger partial charge on any atom is -0.346 e. The summed E-state index contributed by atoms with van der Waals surface area (Å²) >= 11 is 1.71. The van der Waals surface area contributed by atoms with Gasteiger partial charge in [-0.25, -0.2) is 4.98 Å². The molecule has 9 heteroatoms. The van der Waals surface area contributed by atoms with Gasteiger partial charge in [-0.15, -0.1) is 10.2 Å². The summed E-state index contributed by atoms with van der Waals surface area (Å²) in [5.41, 5.74) is 1.78. The van der Waals surface area contributed by atoms with Gasteiger partial charge in [-0.05, 0) is 50.8 Å². The summed E-state index contributed by atoms with van der Waals surface area (Å²) in [7, 11) is 0. The molecular formula is C19H24N6O2S. The van der Waals surface area contributed by atoms with Crippen molar-refractivity contribution in [3.8, 4) is 0 Å². The molecule has 0 spiro atoms. The van der Waals surface area contributed by atoms with Crippen LogP contribution in [0.1, 0.15) is 41.8 Å². The van der Waals surface area contributed by atoms with Crippen LogP contribution in [0.3, 0.4) is 0 Å². The van der Waals surface area contributed by atoms with E-state index in [1.54, 1.807) is 25.6 Å². The normalized spacial score (nSPS) is 12.2. The number of carbonyl (C=O) groups excluding carboxylic acids is 1. The lowest BCUT2D eigenvalue weighted by atomic mass is 10.1. The highest BCUT2D eigenvalue weighted by Crippen LogP contribution is 2.18. The molecule has 0 aliphatic heterocycles.